The van der Waals surface area contributed by atoms with Crippen molar-refractivity contribution >= 4 is 0 Å². The van der Waals surface area contributed by atoms with Crippen LogP contribution in [0.3, 0.4) is 0 Å². The van der Waals surface area contributed by atoms with Gasteiger partial charge in [0.05, 0.1) is 0 Å². The van der Waals surface area contributed by atoms with Crippen molar-refractivity contribution in [3.05, 3.63) is 12.7 Å². The molecule has 0 radical (unpaired) electrons. The van der Waals surface area contributed by atoms with Gasteiger partial charge in [-0.2, -0.15) is 0 Å². The smallest absolute Gasteiger partial charge is 0.00179 e. The molecule has 2 unspecified atom stereocenters. The van der Waals surface area contributed by atoms with Crippen LogP contribution in [-0.4, -0.2) is 13.1 Å². The molecule has 0 aromatic carbocycles. The maximum Gasteiger partial charge on any atom is -0.00179 e. The van der Waals surface area contributed by atoms with Crippen LogP contribution < -0.4 is 5.32 Å². The molecule has 1 aliphatic rings. The SMILES string of the molecule is C=CCCC1CCCCCC1CNCCC. The standard InChI is InChI=1S/C15H29N/c1-3-5-9-14-10-7-6-8-11-15(14)13-16-12-4-2/h3,14-16H,1,4-13H2,2H3. The van der Waals surface area contributed by atoms with E-state index in [0.29, 0.717) is 0 Å². The Balaban J connectivity index is 2.35. The highest BCUT2D eigenvalue weighted by molar-refractivity contribution is 4.78. The second-order valence-corrected chi connectivity index (χ2v) is 5.23. The van der Waals surface area contributed by atoms with E-state index in [-0.39, 0.29) is 0 Å². The molecule has 0 spiro atoms. The first-order valence-electron chi connectivity index (χ1n) is 7.20. The third-order valence-electron chi connectivity index (χ3n) is 3.89. The molecule has 0 bridgehead atoms. The Morgan fingerprint density at radius 2 is 1.94 bits per heavy atom. The summed E-state index contributed by atoms with van der Waals surface area (Å²) in [5, 5.41) is 3.61. The van der Waals surface area contributed by atoms with Gasteiger partial charge in [0.1, 0.15) is 0 Å². The first-order chi connectivity index (χ1) is 7.88. The number of hydrogen-bond donors (Lipinski definition) is 1. The van der Waals surface area contributed by atoms with E-state index in [2.05, 4.69) is 24.9 Å². The van der Waals surface area contributed by atoms with Crippen molar-refractivity contribution in [1.82, 2.24) is 5.32 Å². The molecule has 1 aliphatic carbocycles. The number of allylic oxidation sites excluding steroid dienone is 1. The van der Waals surface area contributed by atoms with Crippen LogP contribution in [0.4, 0.5) is 0 Å². The number of rotatable bonds is 7. The summed E-state index contributed by atoms with van der Waals surface area (Å²) in [7, 11) is 0. The Morgan fingerprint density at radius 1 is 1.19 bits per heavy atom. The Bertz CT molecular complexity index is 176. The van der Waals surface area contributed by atoms with Crippen molar-refractivity contribution in [2.24, 2.45) is 11.8 Å². The van der Waals surface area contributed by atoms with Crippen LogP contribution in [0.2, 0.25) is 0 Å². The summed E-state index contributed by atoms with van der Waals surface area (Å²) in [5.41, 5.74) is 0. The van der Waals surface area contributed by atoms with Gasteiger partial charge in [-0.25, -0.2) is 0 Å². The molecular weight excluding hydrogens is 194 g/mol. The van der Waals surface area contributed by atoms with Gasteiger partial charge in [0.25, 0.3) is 0 Å². The molecule has 1 fully saturated rings. The van der Waals surface area contributed by atoms with Crippen molar-refractivity contribution < 1.29 is 0 Å². The first kappa shape index (κ1) is 13.8. The van der Waals surface area contributed by atoms with Gasteiger partial charge >= 0.3 is 0 Å². The Labute approximate surface area is 102 Å². The lowest BCUT2D eigenvalue weighted by Crippen LogP contribution is -2.28. The van der Waals surface area contributed by atoms with Crippen LogP contribution in [0, 0.1) is 11.8 Å². The van der Waals surface area contributed by atoms with Gasteiger partial charge in [0.2, 0.25) is 0 Å². The van der Waals surface area contributed by atoms with E-state index in [1.807, 2.05) is 0 Å². The van der Waals surface area contributed by atoms with Gasteiger partial charge in [0, 0.05) is 0 Å². The van der Waals surface area contributed by atoms with Crippen molar-refractivity contribution in [1.29, 1.82) is 0 Å². The normalized spacial score (nSPS) is 26.3. The van der Waals surface area contributed by atoms with Gasteiger partial charge in [-0.05, 0) is 50.6 Å². The first-order valence-corrected chi connectivity index (χ1v) is 7.20. The molecule has 0 saturated heterocycles. The highest BCUT2D eigenvalue weighted by atomic mass is 14.9. The van der Waals surface area contributed by atoms with E-state index < -0.39 is 0 Å². The third-order valence-corrected chi connectivity index (χ3v) is 3.89. The van der Waals surface area contributed by atoms with Gasteiger partial charge in [-0.3, -0.25) is 0 Å². The average molecular weight is 223 g/mol. The van der Waals surface area contributed by atoms with E-state index >= 15 is 0 Å². The van der Waals surface area contributed by atoms with Gasteiger partial charge < -0.3 is 5.32 Å². The lowest BCUT2D eigenvalue weighted by Gasteiger charge is -2.25. The molecule has 2 atom stereocenters. The molecule has 0 aliphatic heterocycles. The zero-order chi connectivity index (χ0) is 11.6. The minimum atomic E-state index is 0.925. The number of hydrogen-bond acceptors (Lipinski definition) is 1. The summed E-state index contributed by atoms with van der Waals surface area (Å²) >= 11 is 0. The van der Waals surface area contributed by atoms with Crippen molar-refractivity contribution in [2.45, 2.75) is 58.3 Å². The predicted octanol–water partition coefficient (Wildman–Crippen LogP) is 4.15. The van der Waals surface area contributed by atoms with Gasteiger partial charge in [0.15, 0.2) is 0 Å². The fourth-order valence-corrected chi connectivity index (χ4v) is 2.91. The molecule has 1 nitrogen and oxygen atoms in total. The molecule has 0 aromatic rings. The largest absolute Gasteiger partial charge is 0.316 e. The Morgan fingerprint density at radius 3 is 2.62 bits per heavy atom. The molecule has 94 valence electrons. The molecule has 1 N–H and O–H groups in total. The quantitative estimate of drug-likeness (QED) is 0.388. The molecule has 1 heteroatoms. The van der Waals surface area contributed by atoms with Crippen LogP contribution in [0.25, 0.3) is 0 Å². The zero-order valence-corrected chi connectivity index (χ0v) is 11.0. The third kappa shape index (κ3) is 5.16. The molecule has 1 rings (SSSR count). The topological polar surface area (TPSA) is 12.0 Å². The molecule has 0 amide bonds. The Hall–Kier alpha value is -0.300. The fraction of sp³-hybridized carbons (Fsp3) is 0.867. The minimum absolute atomic E-state index is 0.925. The highest BCUT2D eigenvalue weighted by Crippen LogP contribution is 2.31. The zero-order valence-electron chi connectivity index (χ0n) is 11.0. The van der Waals surface area contributed by atoms with E-state index in [1.165, 1.54) is 64.5 Å². The summed E-state index contributed by atoms with van der Waals surface area (Å²) < 4.78 is 0. The lowest BCUT2D eigenvalue weighted by molar-refractivity contribution is 0.285. The number of nitrogens with one attached hydrogen (secondary N) is 1. The van der Waals surface area contributed by atoms with Crippen LogP contribution in [-0.2, 0) is 0 Å². The summed E-state index contributed by atoms with van der Waals surface area (Å²) in [5.74, 6) is 1.87. The maximum absolute atomic E-state index is 3.85. The summed E-state index contributed by atoms with van der Waals surface area (Å²) in [6, 6.07) is 0. The van der Waals surface area contributed by atoms with Crippen LogP contribution in [0.1, 0.15) is 58.3 Å². The van der Waals surface area contributed by atoms with E-state index in [0.717, 1.165) is 11.8 Å². The van der Waals surface area contributed by atoms with Gasteiger partial charge in [-0.15, -0.1) is 6.58 Å². The summed E-state index contributed by atoms with van der Waals surface area (Å²) in [4.78, 5) is 0. The maximum atomic E-state index is 3.85. The van der Waals surface area contributed by atoms with Gasteiger partial charge in [-0.1, -0.05) is 38.7 Å². The van der Waals surface area contributed by atoms with E-state index in [4.69, 9.17) is 0 Å². The monoisotopic (exact) mass is 223 g/mol. The fourth-order valence-electron chi connectivity index (χ4n) is 2.91. The molecule has 16 heavy (non-hydrogen) atoms. The van der Waals surface area contributed by atoms with Crippen molar-refractivity contribution in [3.63, 3.8) is 0 Å². The Kier molecular flexibility index (Phi) is 7.58. The van der Waals surface area contributed by atoms with Crippen molar-refractivity contribution in [3.8, 4) is 0 Å². The van der Waals surface area contributed by atoms with Crippen molar-refractivity contribution in [2.75, 3.05) is 13.1 Å². The summed E-state index contributed by atoms with van der Waals surface area (Å²) in [6.45, 7) is 8.53. The molecule has 0 aromatic heterocycles. The molecule has 1 saturated carbocycles. The van der Waals surface area contributed by atoms with Crippen LogP contribution in [0.5, 0.6) is 0 Å². The van der Waals surface area contributed by atoms with Crippen LogP contribution >= 0.6 is 0 Å². The molecule has 0 heterocycles. The predicted molar refractivity (Wildman–Crippen MR) is 72.7 cm³/mol. The minimum Gasteiger partial charge on any atom is -0.316 e. The average Bonchev–Trinajstić information content (AvgIpc) is 2.52. The van der Waals surface area contributed by atoms with E-state index in [9.17, 15) is 0 Å². The second-order valence-electron chi connectivity index (χ2n) is 5.23. The van der Waals surface area contributed by atoms with Crippen LogP contribution in [0.15, 0.2) is 12.7 Å². The second kappa shape index (κ2) is 8.81. The van der Waals surface area contributed by atoms with E-state index in [1.54, 1.807) is 0 Å². The summed E-state index contributed by atoms with van der Waals surface area (Å²) in [6.07, 6.45) is 13.2. The lowest BCUT2D eigenvalue weighted by atomic mass is 9.84. The highest BCUT2D eigenvalue weighted by Gasteiger charge is 2.22. The molecular formula is C15H29N.